The van der Waals surface area contributed by atoms with Crippen LogP contribution in [-0.2, 0) is 14.3 Å². The minimum atomic E-state index is -1.04. The van der Waals surface area contributed by atoms with Crippen molar-refractivity contribution >= 4 is 47.8 Å². The number of carbonyl (C=O) groups excluding carboxylic acids is 3. The Labute approximate surface area is 230 Å². The molecule has 0 aliphatic rings. The third-order valence-electron chi connectivity index (χ3n) is 5.53. The third kappa shape index (κ3) is 8.27. The zero-order valence-electron chi connectivity index (χ0n) is 22.2. The summed E-state index contributed by atoms with van der Waals surface area (Å²) in [6, 6.07) is 8.89. The van der Waals surface area contributed by atoms with Gasteiger partial charge >= 0.3 is 6.09 Å². The zero-order chi connectivity index (χ0) is 27.9. The molecule has 2 atom stereocenters. The lowest BCUT2D eigenvalue weighted by molar-refractivity contribution is -0.139. The minimum Gasteiger partial charge on any atom is -0.444 e. The maximum Gasteiger partial charge on any atom is 0.408 e. The van der Waals surface area contributed by atoms with Crippen molar-refractivity contribution in [1.82, 2.24) is 10.2 Å². The molecule has 0 saturated carbocycles. The third-order valence-corrected chi connectivity index (χ3v) is 6.21. The van der Waals surface area contributed by atoms with Gasteiger partial charge in [-0.05, 0) is 64.3 Å². The van der Waals surface area contributed by atoms with E-state index >= 15 is 0 Å². The second kappa shape index (κ2) is 13.0. The fraction of sp³-hybridized carbons (Fsp3) is 0.393. The number of anilines is 1. The molecule has 0 bridgehead atoms. The first-order chi connectivity index (χ1) is 17.3. The molecule has 2 aromatic rings. The second-order valence-electron chi connectivity index (χ2n) is 9.84. The van der Waals surface area contributed by atoms with Crippen LogP contribution in [0.2, 0.25) is 5.02 Å². The number of aryl methyl sites for hydroxylation is 3. The molecule has 0 aliphatic carbocycles. The van der Waals surface area contributed by atoms with E-state index in [0.717, 1.165) is 16.7 Å². The van der Waals surface area contributed by atoms with Crippen molar-refractivity contribution in [1.29, 1.82) is 0 Å². The molecule has 0 radical (unpaired) electrons. The molecule has 3 amide bonds. The van der Waals surface area contributed by atoms with Gasteiger partial charge in [0.2, 0.25) is 5.91 Å². The highest BCUT2D eigenvalue weighted by molar-refractivity contribution is 7.80. The topological polar surface area (TPSA) is 87.7 Å². The molecular weight excluding hydrogens is 510 g/mol. The van der Waals surface area contributed by atoms with E-state index in [9.17, 15) is 14.4 Å². The van der Waals surface area contributed by atoms with Crippen molar-refractivity contribution in [3.8, 4) is 0 Å². The average Bonchev–Trinajstić information content (AvgIpc) is 2.79. The van der Waals surface area contributed by atoms with E-state index in [1.54, 1.807) is 32.9 Å². The van der Waals surface area contributed by atoms with Crippen LogP contribution in [0.5, 0.6) is 0 Å². The number of para-hydroxylation sites is 1. The number of nitrogens with one attached hydrogen (secondary N) is 2. The monoisotopic (exact) mass is 545 g/mol. The van der Waals surface area contributed by atoms with Gasteiger partial charge in [-0.1, -0.05) is 53.6 Å². The first-order valence-electron chi connectivity index (χ1n) is 11.9. The summed E-state index contributed by atoms with van der Waals surface area (Å²) >= 11 is 10.7. The number of hydrogen-bond donors (Lipinski definition) is 3. The van der Waals surface area contributed by atoms with Crippen molar-refractivity contribution < 1.29 is 19.1 Å². The highest BCUT2D eigenvalue weighted by atomic mass is 35.5. The fourth-order valence-electron chi connectivity index (χ4n) is 3.86. The van der Waals surface area contributed by atoms with Gasteiger partial charge in [0.15, 0.2) is 0 Å². The SMILES string of the molecule is C=CCN(C(=O)C(CS)NC(=O)OC(C)(C)C)C(C(=O)Nc1c(C)cccc1Cl)c1ccc(C)cc1C. The molecule has 7 nitrogen and oxygen atoms in total. The lowest BCUT2D eigenvalue weighted by Crippen LogP contribution is -2.53. The molecule has 2 aromatic carbocycles. The molecule has 0 fully saturated rings. The predicted octanol–water partition coefficient (Wildman–Crippen LogP) is 5.78. The average molecular weight is 546 g/mol. The lowest BCUT2D eigenvalue weighted by atomic mass is 9.96. The van der Waals surface area contributed by atoms with Gasteiger partial charge in [-0.3, -0.25) is 9.59 Å². The Morgan fingerprint density at radius 3 is 2.35 bits per heavy atom. The Balaban J connectivity index is 2.54. The van der Waals surface area contributed by atoms with Gasteiger partial charge in [-0.25, -0.2) is 4.79 Å². The fourth-order valence-corrected chi connectivity index (χ4v) is 4.38. The van der Waals surface area contributed by atoms with Crippen LogP contribution >= 0.6 is 24.2 Å². The maximum absolute atomic E-state index is 13.9. The molecule has 9 heteroatoms. The molecule has 37 heavy (non-hydrogen) atoms. The number of rotatable bonds is 9. The molecule has 0 heterocycles. The van der Waals surface area contributed by atoms with E-state index in [2.05, 4.69) is 29.8 Å². The molecule has 2 unspecified atom stereocenters. The van der Waals surface area contributed by atoms with Gasteiger partial charge in [0.25, 0.3) is 5.91 Å². The Kier molecular flexibility index (Phi) is 10.6. The standard InChI is InChI=1S/C28H36ClN3O4S/c1-8-14-32(26(34)22(16-37)30-27(35)36-28(5,6)7)24(20-13-12-17(2)15-19(20)4)25(33)31-23-18(3)10-9-11-21(23)29/h8-13,15,22,24,37H,1,14,16H2,2-7H3,(H,30,35)(H,31,33). The summed E-state index contributed by atoms with van der Waals surface area (Å²) in [6.07, 6.45) is 0.781. The van der Waals surface area contributed by atoms with E-state index < -0.39 is 35.6 Å². The molecule has 0 aromatic heterocycles. The molecule has 0 saturated heterocycles. The smallest absolute Gasteiger partial charge is 0.408 e. The highest BCUT2D eigenvalue weighted by Crippen LogP contribution is 2.31. The van der Waals surface area contributed by atoms with E-state index in [4.69, 9.17) is 16.3 Å². The van der Waals surface area contributed by atoms with Crippen molar-refractivity contribution in [2.45, 2.75) is 59.2 Å². The van der Waals surface area contributed by atoms with Crippen LogP contribution in [0.25, 0.3) is 0 Å². The van der Waals surface area contributed by atoms with E-state index in [1.165, 1.54) is 11.0 Å². The molecule has 2 N–H and O–H groups in total. The molecule has 0 aliphatic heterocycles. The number of hydrogen-bond acceptors (Lipinski definition) is 5. The summed E-state index contributed by atoms with van der Waals surface area (Å²) in [5, 5.41) is 5.88. The Morgan fingerprint density at radius 2 is 1.81 bits per heavy atom. The molecule has 0 spiro atoms. The van der Waals surface area contributed by atoms with Crippen LogP contribution in [-0.4, -0.2) is 46.7 Å². The largest absolute Gasteiger partial charge is 0.444 e. The number of nitrogens with zero attached hydrogens (tertiary/aromatic N) is 1. The number of amides is 3. The number of thiol groups is 1. The van der Waals surface area contributed by atoms with Crippen LogP contribution in [0.15, 0.2) is 49.1 Å². The first-order valence-corrected chi connectivity index (χ1v) is 12.9. The number of benzene rings is 2. The van der Waals surface area contributed by atoms with Crippen molar-refractivity contribution in [3.05, 3.63) is 76.3 Å². The molecular formula is C28H36ClN3O4S. The number of halogens is 1. The highest BCUT2D eigenvalue weighted by Gasteiger charge is 2.36. The molecule has 2 rings (SSSR count). The van der Waals surface area contributed by atoms with Crippen molar-refractivity contribution in [2.75, 3.05) is 17.6 Å². The zero-order valence-corrected chi connectivity index (χ0v) is 23.9. The maximum atomic E-state index is 13.9. The van der Waals surface area contributed by atoms with Crippen LogP contribution < -0.4 is 10.6 Å². The summed E-state index contributed by atoms with van der Waals surface area (Å²) in [4.78, 5) is 41.5. The normalized spacial score (nSPS) is 12.8. The van der Waals surface area contributed by atoms with Crippen LogP contribution in [0.1, 0.15) is 49.1 Å². The van der Waals surface area contributed by atoms with Gasteiger partial charge < -0.3 is 20.3 Å². The Morgan fingerprint density at radius 1 is 1.14 bits per heavy atom. The van der Waals surface area contributed by atoms with E-state index in [0.29, 0.717) is 16.3 Å². The van der Waals surface area contributed by atoms with Crippen LogP contribution in [0.3, 0.4) is 0 Å². The summed E-state index contributed by atoms with van der Waals surface area (Å²) in [5.74, 6) is -0.957. The van der Waals surface area contributed by atoms with Crippen LogP contribution in [0.4, 0.5) is 10.5 Å². The Bertz CT molecular complexity index is 1140. The van der Waals surface area contributed by atoms with Gasteiger partial charge in [0, 0.05) is 12.3 Å². The molecule has 200 valence electrons. The number of ether oxygens (including phenoxy) is 1. The van der Waals surface area contributed by atoms with Crippen molar-refractivity contribution in [3.63, 3.8) is 0 Å². The van der Waals surface area contributed by atoms with Gasteiger partial charge in [-0.2, -0.15) is 12.6 Å². The number of carbonyl (C=O) groups is 3. The summed E-state index contributed by atoms with van der Waals surface area (Å²) in [6.45, 7) is 14.7. The van der Waals surface area contributed by atoms with Gasteiger partial charge in [0.1, 0.15) is 17.7 Å². The van der Waals surface area contributed by atoms with Gasteiger partial charge in [0.05, 0.1) is 10.7 Å². The van der Waals surface area contributed by atoms with Crippen molar-refractivity contribution in [2.24, 2.45) is 0 Å². The van der Waals surface area contributed by atoms with E-state index in [1.807, 2.05) is 45.0 Å². The lowest BCUT2D eigenvalue weighted by Gasteiger charge is -2.34. The summed E-state index contributed by atoms with van der Waals surface area (Å²) < 4.78 is 5.32. The first kappa shape index (κ1) is 30.3. The quantitative estimate of drug-likeness (QED) is 0.275. The number of alkyl carbamates (subject to hydrolysis) is 1. The van der Waals surface area contributed by atoms with Gasteiger partial charge in [-0.15, -0.1) is 6.58 Å². The summed E-state index contributed by atoms with van der Waals surface area (Å²) in [7, 11) is 0. The minimum absolute atomic E-state index is 0.00341. The predicted molar refractivity (Wildman–Crippen MR) is 152 cm³/mol. The summed E-state index contributed by atoms with van der Waals surface area (Å²) in [5.41, 5.74) is 2.99. The van der Waals surface area contributed by atoms with E-state index in [-0.39, 0.29) is 12.3 Å². The van der Waals surface area contributed by atoms with Crippen LogP contribution in [0, 0.1) is 20.8 Å². The Hall–Kier alpha value is -2.97. The second-order valence-corrected chi connectivity index (χ2v) is 10.6.